The molecule has 1 heterocycles. The van der Waals surface area contributed by atoms with Crippen LogP contribution in [0.3, 0.4) is 0 Å². The first-order chi connectivity index (χ1) is 11.0. The van der Waals surface area contributed by atoms with Gasteiger partial charge in [0.25, 0.3) is 5.91 Å². The summed E-state index contributed by atoms with van der Waals surface area (Å²) in [5.74, 6) is 0.378. The van der Waals surface area contributed by atoms with Crippen molar-refractivity contribution in [2.45, 2.75) is 32.6 Å². The van der Waals surface area contributed by atoms with Crippen LogP contribution in [0.15, 0.2) is 24.3 Å². The summed E-state index contributed by atoms with van der Waals surface area (Å²) in [5, 5.41) is 2.95. The van der Waals surface area contributed by atoms with Gasteiger partial charge in [0.05, 0.1) is 26.1 Å². The molecule has 0 atom stereocenters. The van der Waals surface area contributed by atoms with Gasteiger partial charge in [0.2, 0.25) is 0 Å². The maximum Gasteiger partial charge on any atom is 0.309 e. The number of esters is 1. The third-order valence-electron chi connectivity index (χ3n) is 4.50. The fourth-order valence-electron chi connectivity index (χ4n) is 2.99. The molecule has 126 valence electrons. The maximum atomic E-state index is 12.1. The van der Waals surface area contributed by atoms with Crippen molar-refractivity contribution < 1.29 is 19.2 Å². The topological polar surface area (TPSA) is 59.8 Å². The molecule has 1 saturated heterocycles. The molecule has 1 fully saturated rings. The molecule has 0 aromatic heterocycles. The van der Waals surface area contributed by atoms with Crippen molar-refractivity contribution in [1.82, 2.24) is 0 Å². The molecule has 1 amide bonds. The van der Waals surface area contributed by atoms with Crippen LogP contribution in [0.2, 0.25) is 0 Å². The van der Waals surface area contributed by atoms with Gasteiger partial charge < -0.3 is 15.0 Å². The highest BCUT2D eigenvalue weighted by molar-refractivity contribution is 5.91. The van der Waals surface area contributed by atoms with Crippen LogP contribution in [0.25, 0.3) is 0 Å². The second-order valence-electron chi connectivity index (χ2n) is 6.55. The quantitative estimate of drug-likeness (QED) is 0.802. The monoisotopic (exact) mass is 319 g/mol. The van der Waals surface area contributed by atoms with E-state index in [0.29, 0.717) is 12.5 Å². The fourth-order valence-corrected chi connectivity index (χ4v) is 2.99. The van der Waals surface area contributed by atoms with E-state index in [4.69, 9.17) is 4.74 Å². The molecule has 1 aliphatic heterocycles. The van der Waals surface area contributed by atoms with Crippen LogP contribution in [0.5, 0.6) is 0 Å². The Morgan fingerprint density at radius 2 is 1.83 bits per heavy atom. The van der Waals surface area contributed by atoms with Gasteiger partial charge in [-0.3, -0.25) is 9.59 Å². The van der Waals surface area contributed by atoms with E-state index >= 15 is 0 Å². The van der Waals surface area contributed by atoms with Gasteiger partial charge in [-0.25, -0.2) is 0 Å². The standard InChI is InChI=1S/C18H26N2O3/c1-13(2)14-4-6-16(7-5-14)19-17(21)12-20-10-8-15(9-11-20)18(22)23-3/h4-7,13,15H,8-12H2,1-3H3,(H,19,21)/p+1. The Balaban J connectivity index is 1.78. The third kappa shape index (κ3) is 5.06. The smallest absolute Gasteiger partial charge is 0.309 e. The number of quaternary nitrogens is 1. The van der Waals surface area contributed by atoms with E-state index in [1.54, 1.807) is 0 Å². The number of likely N-dealkylation sites (tertiary alicyclic amines) is 1. The van der Waals surface area contributed by atoms with Gasteiger partial charge in [-0.2, -0.15) is 0 Å². The summed E-state index contributed by atoms with van der Waals surface area (Å²) in [6.45, 7) is 6.41. The van der Waals surface area contributed by atoms with Crippen molar-refractivity contribution in [1.29, 1.82) is 0 Å². The van der Waals surface area contributed by atoms with Crippen LogP contribution in [0, 0.1) is 5.92 Å². The van der Waals surface area contributed by atoms with Crippen LogP contribution in [0.1, 0.15) is 38.2 Å². The minimum atomic E-state index is -0.126. The van der Waals surface area contributed by atoms with E-state index in [0.717, 1.165) is 31.6 Å². The van der Waals surface area contributed by atoms with E-state index in [-0.39, 0.29) is 17.8 Å². The fraction of sp³-hybridized carbons (Fsp3) is 0.556. The number of carbonyl (C=O) groups excluding carboxylic acids is 2. The number of benzene rings is 1. The lowest BCUT2D eigenvalue weighted by Crippen LogP contribution is -3.14. The van der Waals surface area contributed by atoms with Gasteiger partial charge in [0, 0.05) is 18.5 Å². The number of rotatable bonds is 5. The van der Waals surface area contributed by atoms with Gasteiger partial charge in [0.1, 0.15) is 0 Å². The minimum absolute atomic E-state index is 0.00427. The van der Waals surface area contributed by atoms with Crippen LogP contribution >= 0.6 is 0 Å². The number of hydrogen-bond donors (Lipinski definition) is 2. The Labute approximate surface area is 138 Å². The molecule has 2 rings (SSSR count). The molecular formula is C18H27N2O3+. The van der Waals surface area contributed by atoms with E-state index in [1.165, 1.54) is 17.6 Å². The molecule has 2 N–H and O–H groups in total. The average Bonchev–Trinajstić information content (AvgIpc) is 2.55. The minimum Gasteiger partial charge on any atom is -0.469 e. The Hall–Kier alpha value is -1.88. The number of methoxy groups -OCH3 is 1. The van der Waals surface area contributed by atoms with Gasteiger partial charge in [-0.15, -0.1) is 0 Å². The summed E-state index contributed by atoms with van der Waals surface area (Å²) in [5.41, 5.74) is 2.10. The van der Waals surface area contributed by atoms with E-state index in [9.17, 15) is 9.59 Å². The number of carbonyl (C=O) groups is 2. The maximum absolute atomic E-state index is 12.1. The third-order valence-corrected chi connectivity index (χ3v) is 4.50. The number of piperidine rings is 1. The van der Waals surface area contributed by atoms with E-state index in [2.05, 4.69) is 31.3 Å². The molecule has 1 aromatic carbocycles. The van der Waals surface area contributed by atoms with Crippen LogP contribution in [0.4, 0.5) is 5.69 Å². The summed E-state index contributed by atoms with van der Waals surface area (Å²) >= 11 is 0. The van der Waals surface area contributed by atoms with Crippen molar-refractivity contribution in [3.63, 3.8) is 0 Å². The Morgan fingerprint density at radius 1 is 1.22 bits per heavy atom. The molecule has 0 radical (unpaired) electrons. The lowest BCUT2D eigenvalue weighted by Gasteiger charge is -2.27. The van der Waals surface area contributed by atoms with Gasteiger partial charge >= 0.3 is 5.97 Å². The number of amides is 1. The number of nitrogens with one attached hydrogen (secondary N) is 2. The first-order valence-electron chi connectivity index (χ1n) is 8.30. The first kappa shape index (κ1) is 17.5. The van der Waals surface area contributed by atoms with Crippen LogP contribution in [-0.2, 0) is 14.3 Å². The molecule has 5 heteroatoms. The zero-order valence-electron chi connectivity index (χ0n) is 14.2. The molecule has 1 aliphatic rings. The summed E-state index contributed by atoms with van der Waals surface area (Å²) in [4.78, 5) is 24.9. The lowest BCUT2D eigenvalue weighted by atomic mass is 9.97. The van der Waals surface area contributed by atoms with Crippen molar-refractivity contribution >= 4 is 17.6 Å². The molecule has 0 aliphatic carbocycles. The van der Waals surface area contributed by atoms with E-state index in [1.807, 2.05) is 12.1 Å². The number of ether oxygens (including phenoxy) is 1. The second kappa shape index (κ2) is 8.11. The SMILES string of the molecule is COC(=O)C1CC[NH+](CC(=O)Nc2ccc(C(C)C)cc2)CC1. The summed E-state index contributed by atoms with van der Waals surface area (Å²) in [6.07, 6.45) is 1.58. The largest absolute Gasteiger partial charge is 0.469 e. The molecule has 0 spiro atoms. The molecule has 0 bridgehead atoms. The molecule has 5 nitrogen and oxygen atoms in total. The molecule has 1 aromatic rings. The van der Waals surface area contributed by atoms with Crippen LogP contribution < -0.4 is 10.2 Å². The van der Waals surface area contributed by atoms with Crippen LogP contribution in [-0.4, -0.2) is 38.6 Å². The summed E-state index contributed by atoms with van der Waals surface area (Å²) in [6, 6.07) is 8.00. The Bertz CT molecular complexity index is 532. The predicted molar refractivity (Wildman–Crippen MR) is 89.5 cm³/mol. The highest BCUT2D eigenvalue weighted by atomic mass is 16.5. The van der Waals surface area contributed by atoms with Gasteiger partial charge in [-0.05, 0) is 23.6 Å². The Morgan fingerprint density at radius 3 is 2.35 bits per heavy atom. The van der Waals surface area contributed by atoms with Gasteiger partial charge in [0.15, 0.2) is 6.54 Å². The molecule has 0 saturated carbocycles. The van der Waals surface area contributed by atoms with Crippen molar-refractivity contribution in [2.75, 3.05) is 32.1 Å². The molecular weight excluding hydrogens is 292 g/mol. The number of hydrogen-bond acceptors (Lipinski definition) is 3. The second-order valence-corrected chi connectivity index (χ2v) is 6.55. The average molecular weight is 319 g/mol. The summed E-state index contributed by atoms with van der Waals surface area (Å²) < 4.78 is 4.78. The van der Waals surface area contributed by atoms with Crippen molar-refractivity contribution in [3.05, 3.63) is 29.8 Å². The van der Waals surface area contributed by atoms with Gasteiger partial charge in [-0.1, -0.05) is 26.0 Å². The molecule has 0 unspecified atom stereocenters. The highest BCUT2D eigenvalue weighted by Crippen LogP contribution is 2.17. The first-order valence-corrected chi connectivity index (χ1v) is 8.30. The highest BCUT2D eigenvalue weighted by Gasteiger charge is 2.28. The zero-order valence-corrected chi connectivity index (χ0v) is 14.2. The predicted octanol–water partition coefficient (Wildman–Crippen LogP) is 1.22. The van der Waals surface area contributed by atoms with Crippen molar-refractivity contribution in [3.8, 4) is 0 Å². The van der Waals surface area contributed by atoms with Crippen molar-refractivity contribution in [2.24, 2.45) is 5.92 Å². The molecule has 23 heavy (non-hydrogen) atoms. The Kier molecular flexibility index (Phi) is 6.16. The number of anilines is 1. The lowest BCUT2D eigenvalue weighted by molar-refractivity contribution is -0.897. The zero-order chi connectivity index (χ0) is 16.8. The summed E-state index contributed by atoms with van der Waals surface area (Å²) in [7, 11) is 1.43. The normalized spacial score (nSPS) is 21.0. The van der Waals surface area contributed by atoms with E-state index < -0.39 is 0 Å².